The van der Waals surface area contributed by atoms with E-state index in [0.29, 0.717) is 0 Å². The van der Waals surface area contributed by atoms with Gasteiger partial charge in [-0.2, -0.15) is 0 Å². The minimum atomic E-state index is 0.169. The lowest BCUT2D eigenvalue weighted by molar-refractivity contribution is 0.590. The van der Waals surface area contributed by atoms with Gasteiger partial charge in [-0.25, -0.2) is 9.97 Å². The number of benzene rings is 2. The third-order valence-corrected chi connectivity index (χ3v) is 3.77. The minimum absolute atomic E-state index is 0.169. The van der Waals surface area contributed by atoms with Crippen LogP contribution in [0.3, 0.4) is 0 Å². The zero-order chi connectivity index (χ0) is 15.0. The number of rotatable bonds is 1. The van der Waals surface area contributed by atoms with Crippen LogP contribution >= 0.6 is 0 Å². The largest absolute Gasteiger partial charge is 0.249 e. The van der Waals surface area contributed by atoms with Crippen molar-refractivity contribution in [1.82, 2.24) is 9.97 Å². The van der Waals surface area contributed by atoms with Gasteiger partial charge in [0.05, 0.1) is 22.4 Å². The Balaban J connectivity index is 2.09. The summed E-state index contributed by atoms with van der Waals surface area (Å²) in [4.78, 5) is 9.44. The molecule has 2 heteroatoms. The van der Waals surface area contributed by atoms with Crippen molar-refractivity contribution in [3.63, 3.8) is 0 Å². The molecule has 0 saturated carbocycles. The molecule has 2 aromatic carbocycles. The van der Waals surface area contributed by atoms with Gasteiger partial charge >= 0.3 is 0 Å². The Morgan fingerprint density at radius 2 is 1.33 bits per heavy atom. The van der Waals surface area contributed by atoms with Crippen LogP contribution in [-0.2, 0) is 5.41 Å². The predicted octanol–water partition coefficient (Wildman–Crippen LogP) is 4.90. The van der Waals surface area contributed by atoms with Gasteiger partial charge in [0, 0.05) is 5.56 Å². The Morgan fingerprint density at radius 3 is 1.90 bits per heavy atom. The fourth-order valence-electron chi connectivity index (χ4n) is 2.49. The highest BCUT2D eigenvalue weighted by atomic mass is 14.8. The highest BCUT2D eigenvalue weighted by Gasteiger charge is 2.14. The average Bonchev–Trinajstić information content (AvgIpc) is 2.46. The summed E-state index contributed by atoms with van der Waals surface area (Å²) in [5.41, 5.74) is 6.45. The molecule has 0 amide bonds. The molecule has 0 aliphatic rings. The van der Waals surface area contributed by atoms with Gasteiger partial charge in [0.1, 0.15) is 0 Å². The molecule has 0 fully saturated rings. The predicted molar refractivity (Wildman–Crippen MR) is 88.4 cm³/mol. The van der Waals surface area contributed by atoms with Gasteiger partial charge in [-0.15, -0.1) is 0 Å². The molecule has 0 N–H and O–H groups in total. The summed E-state index contributed by atoms with van der Waals surface area (Å²) in [6.45, 7) is 8.70. The number of nitrogens with zero attached hydrogens (tertiary/aromatic N) is 2. The molecule has 3 aromatic rings. The third-order valence-electron chi connectivity index (χ3n) is 3.77. The van der Waals surface area contributed by atoms with Gasteiger partial charge in [-0.3, -0.25) is 0 Å². The monoisotopic (exact) mass is 276 g/mol. The number of fused-ring (bicyclic) bond motifs is 1. The maximum atomic E-state index is 4.77. The van der Waals surface area contributed by atoms with Crippen molar-refractivity contribution < 1.29 is 0 Å². The van der Waals surface area contributed by atoms with Gasteiger partial charge < -0.3 is 0 Å². The van der Waals surface area contributed by atoms with E-state index in [0.717, 1.165) is 28.0 Å². The van der Waals surface area contributed by atoms with Gasteiger partial charge in [0.15, 0.2) is 0 Å². The number of aryl methyl sites for hydroxylation is 1. The van der Waals surface area contributed by atoms with Crippen molar-refractivity contribution in [2.24, 2.45) is 0 Å². The summed E-state index contributed by atoms with van der Waals surface area (Å²) in [5, 5.41) is 0. The second kappa shape index (κ2) is 4.96. The van der Waals surface area contributed by atoms with E-state index in [1.165, 1.54) is 5.56 Å². The first kappa shape index (κ1) is 13.7. The summed E-state index contributed by atoms with van der Waals surface area (Å²) in [5.74, 6) is 0. The summed E-state index contributed by atoms with van der Waals surface area (Å²) >= 11 is 0. The molecule has 0 aliphatic heterocycles. The normalized spacial score (nSPS) is 11.8. The van der Waals surface area contributed by atoms with Crippen molar-refractivity contribution in [2.45, 2.75) is 33.1 Å². The number of para-hydroxylation sites is 2. The topological polar surface area (TPSA) is 25.8 Å². The van der Waals surface area contributed by atoms with E-state index in [1.807, 2.05) is 31.2 Å². The van der Waals surface area contributed by atoms with Crippen molar-refractivity contribution in [3.05, 3.63) is 59.8 Å². The molecule has 3 rings (SSSR count). The molecule has 0 saturated heterocycles. The van der Waals surface area contributed by atoms with E-state index in [4.69, 9.17) is 4.98 Å². The Bertz CT molecular complexity index is 781. The molecule has 1 heterocycles. The van der Waals surface area contributed by atoms with Crippen LogP contribution in [0.2, 0.25) is 0 Å². The first-order valence-electron chi connectivity index (χ1n) is 7.29. The zero-order valence-corrected chi connectivity index (χ0v) is 13.0. The second-order valence-electron chi connectivity index (χ2n) is 6.47. The summed E-state index contributed by atoms with van der Waals surface area (Å²) in [6, 6.07) is 16.7. The SMILES string of the molecule is Cc1nc2ccccc2nc1-c1ccc(C(C)(C)C)cc1. The summed E-state index contributed by atoms with van der Waals surface area (Å²) < 4.78 is 0. The molecule has 0 spiro atoms. The molecule has 0 radical (unpaired) electrons. The van der Waals surface area contributed by atoms with E-state index >= 15 is 0 Å². The smallest absolute Gasteiger partial charge is 0.0922 e. The Morgan fingerprint density at radius 1 is 0.762 bits per heavy atom. The molecule has 106 valence electrons. The molecule has 2 nitrogen and oxygen atoms in total. The first-order chi connectivity index (χ1) is 9.95. The molecule has 0 unspecified atom stereocenters. The minimum Gasteiger partial charge on any atom is -0.249 e. The molecule has 1 aromatic heterocycles. The molecule has 21 heavy (non-hydrogen) atoms. The maximum Gasteiger partial charge on any atom is 0.0922 e. The van der Waals surface area contributed by atoms with Crippen LogP contribution in [0.4, 0.5) is 0 Å². The van der Waals surface area contributed by atoms with E-state index in [2.05, 4.69) is 50.0 Å². The van der Waals surface area contributed by atoms with Crippen LogP contribution in [0.15, 0.2) is 48.5 Å². The molecule has 0 atom stereocenters. The maximum absolute atomic E-state index is 4.77. The highest BCUT2D eigenvalue weighted by Crippen LogP contribution is 2.27. The molecule has 0 bridgehead atoms. The van der Waals surface area contributed by atoms with Crippen LogP contribution in [0.25, 0.3) is 22.3 Å². The summed E-state index contributed by atoms with van der Waals surface area (Å²) in [7, 11) is 0. The van der Waals surface area contributed by atoms with Crippen molar-refractivity contribution in [2.75, 3.05) is 0 Å². The number of hydrogen-bond donors (Lipinski definition) is 0. The second-order valence-corrected chi connectivity index (χ2v) is 6.47. The highest BCUT2D eigenvalue weighted by molar-refractivity contribution is 5.78. The van der Waals surface area contributed by atoms with Gasteiger partial charge in [-0.05, 0) is 30.0 Å². The first-order valence-corrected chi connectivity index (χ1v) is 7.29. The van der Waals surface area contributed by atoms with Crippen LogP contribution in [0, 0.1) is 6.92 Å². The average molecular weight is 276 g/mol. The van der Waals surface area contributed by atoms with Crippen LogP contribution in [0.1, 0.15) is 32.0 Å². The van der Waals surface area contributed by atoms with Gasteiger partial charge in [-0.1, -0.05) is 57.2 Å². The molecule has 0 aliphatic carbocycles. The van der Waals surface area contributed by atoms with E-state index in [9.17, 15) is 0 Å². The Hall–Kier alpha value is -2.22. The van der Waals surface area contributed by atoms with Crippen LogP contribution < -0.4 is 0 Å². The fraction of sp³-hybridized carbons (Fsp3) is 0.263. The van der Waals surface area contributed by atoms with Crippen LogP contribution in [0.5, 0.6) is 0 Å². The zero-order valence-electron chi connectivity index (χ0n) is 13.0. The van der Waals surface area contributed by atoms with Gasteiger partial charge in [0.25, 0.3) is 0 Å². The van der Waals surface area contributed by atoms with Crippen molar-refractivity contribution >= 4 is 11.0 Å². The Kier molecular flexibility index (Phi) is 3.25. The van der Waals surface area contributed by atoms with Crippen molar-refractivity contribution in [3.8, 4) is 11.3 Å². The summed E-state index contributed by atoms with van der Waals surface area (Å²) in [6.07, 6.45) is 0. The van der Waals surface area contributed by atoms with Crippen molar-refractivity contribution in [1.29, 1.82) is 0 Å². The molecular weight excluding hydrogens is 256 g/mol. The number of aromatic nitrogens is 2. The molecular formula is C19H20N2. The van der Waals surface area contributed by atoms with E-state index < -0.39 is 0 Å². The third kappa shape index (κ3) is 2.66. The lowest BCUT2D eigenvalue weighted by atomic mass is 9.86. The number of hydrogen-bond acceptors (Lipinski definition) is 2. The quantitative estimate of drug-likeness (QED) is 0.631. The van der Waals surface area contributed by atoms with E-state index in [-0.39, 0.29) is 5.41 Å². The fourth-order valence-corrected chi connectivity index (χ4v) is 2.49. The Labute approximate surface area is 125 Å². The lowest BCUT2D eigenvalue weighted by Crippen LogP contribution is -2.10. The van der Waals surface area contributed by atoms with Gasteiger partial charge in [0.2, 0.25) is 0 Å². The lowest BCUT2D eigenvalue weighted by Gasteiger charge is -2.19. The standard InChI is InChI=1S/C19H20N2/c1-13-18(21-17-8-6-5-7-16(17)20-13)14-9-11-15(12-10-14)19(2,3)4/h5-12H,1-4H3. The van der Waals surface area contributed by atoms with Crippen LogP contribution in [-0.4, -0.2) is 9.97 Å². The van der Waals surface area contributed by atoms with E-state index in [1.54, 1.807) is 0 Å².